The minimum absolute atomic E-state index is 0.0596. The third kappa shape index (κ3) is 7.08. The Bertz CT molecular complexity index is 1200. The summed E-state index contributed by atoms with van der Waals surface area (Å²) in [5.41, 5.74) is 0.0371. The number of rotatable bonds is 8. The first-order valence-electron chi connectivity index (χ1n) is 11.3. The third-order valence-corrected chi connectivity index (χ3v) is 6.81. The normalized spacial score (nSPS) is 16.0. The van der Waals surface area contributed by atoms with Crippen molar-refractivity contribution < 1.29 is 35.2 Å². The fraction of sp³-hybridized carbons (Fsp3) is 0.458. The summed E-state index contributed by atoms with van der Waals surface area (Å²) in [5, 5.41) is 2.69. The number of piperidine rings is 1. The Morgan fingerprint density at radius 3 is 2.36 bits per heavy atom. The zero-order valence-electron chi connectivity index (χ0n) is 19.8. The van der Waals surface area contributed by atoms with Gasteiger partial charge in [0.1, 0.15) is 5.82 Å². The molecule has 1 aliphatic heterocycles. The Labute approximate surface area is 206 Å². The van der Waals surface area contributed by atoms with Crippen molar-refractivity contribution in [1.29, 1.82) is 0 Å². The molecule has 198 valence electrons. The highest BCUT2D eigenvalue weighted by Gasteiger charge is 2.32. The van der Waals surface area contributed by atoms with E-state index >= 15 is 0 Å². The van der Waals surface area contributed by atoms with E-state index in [-0.39, 0.29) is 18.2 Å². The number of halogens is 5. The molecule has 1 fully saturated rings. The van der Waals surface area contributed by atoms with Gasteiger partial charge in [-0.2, -0.15) is 13.2 Å². The van der Waals surface area contributed by atoms with Gasteiger partial charge < -0.3 is 10.2 Å². The van der Waals surface area contributed by atoms with Gasteiger partial charge in [0.15, 0.2) is 0 Å². The van der Waals surface area contributed by atoms with Crippen LogP contribution in [-0.2, 0) is 27.5 Å². The molecule has 2 aromatic rings. The molecule has 0 radical (unpaired) electrons. The molecule has 2 aromatic carbocycles. The topological polar surface area (TPSA) is 78.5 Å². The highest BCUT2D eigenvalue weighted by molar-refractivity contribution is 7.92. The van der Waals surface area contributed by atoms with Gasteiger partial charge >= 0.3 is 6.18 Å². The molecule has 6 nitrogen and oxygen atoms in total. The second-order valence-corrected chi connectivity index (χ2v) is 10.7. The summed E-state index contributed by atoms with van der Waals surface area (Å²) >= 11 is 0. The van der Waals surface area contributed by atoms with Crippen molar-refractivity contribution in [1.82, 2.24) is 5.32 Å². The first-order valence-corrected chi connectivity index (χ1v) is 13.2. The average molecular weight is 534 g/mol. The maximum absolute atomic E-state index is 14.3. The van der Waals surface area contributed by atoms with E-state index in [9.17, 15) is 35.2 Å². The second kappa shape index (κ2) is 11.0. The fourth-order valence-electron chi connectivity index (χ4n) is 4.08. The second-order valence-electron chi connectivity index (χ2n) is 8.98. The quantitative estimate of drug-likeness (QED) is 0.477. The zero-order valence-corrected chi connectivity index (χ0v) is 20.6. The van der Waals surface area contributed by atoms with Gasteiger partial charge in [-0.3, -0.25) is 13.9 Å². The van der Waals surface area contributed by atoms with Gasteiger partial charge in [0.2, 0.25) is 15.9 Å². The minimum atomic E-state index is -4.54. The van der Waals surface area contributed by atoms with Crippen molar-refractivity contribution in [3.63, 3.8) is 0 Å². The Hall–Kier alpha value is -2.89. The molecule has 36 heavy (non-hydrogen) atoms. The molecular formula is C24H28F5N3O3S. The van der Waals surface area contributed by atoms with E-state index in [1.54, 1.807) is 4.90 Å². The molecule has 0 bridgehead atoms. The zero-order chi connectivity index (χ0) is 26.7. The number of nitrogens with one attached hydrogen (secondary N) is 2. The lowest BCUT2D eigenvalue weighted by atomic mass is 9.96. The smallest absolute Gasteiger partial charge is 0.371 e. The van der Waals surface area contributed by atoms with E-state index in [0.717, 1.165) is 24.5 Å². The molecule has 1 amide bonds. The van der Waals surface area contributed by atoms with Crippen LogP contribution >= 0.6 is 0 Å². The van der Waals surface area contributed by atoms with Crippen LogP contribution in [0.3, 0.4) is 0 Å². The summed E-state index contributed by atoms with van der Waals surface area (Å²) < 4.78 is 92.0. The molecule has 12 heteroatoms. The maximum atomic E-state index is 14.3. The van der Waals surface area contributed by atoms with Crippen LogP contribution in [0.2, 0.25) is 0 Å². The van der Waals surface area contributed by atoms with Gasteiger partial charge in [-0.05, 0) is 61.1 Å². The lowest BCUT2D eigenvalue weighted by Crippen LogP contribution is -2.36. The molecule has 1 heterocycles. The van der Waals surface area contributed by atoms with Gasteiger partial charge in [-0.25, -0.2) is 12.8 Å². The molecule has 1 aliphatic rings. The molecule has 1 unspecified atom stereocenters. The minimum Gasteiger partial charge on any atom is -0.371 e. The van der Waals surface area contributed by atoms with Gasteiger partial charge in [0, 0.05) is 25.3 Å². The summed E-state index contributed by atoms with van der Waals surface area (Å²) in [5.74, 6) is -2.26. The van der Waals surface area contributed by atoms with Crippen molar-refractivity contribution in [3.8, 4) is 0 Å². The van der Waals surface area contributed by atoms with E-state index in [1.165, 1.54) is 25.1 Å². The highest BCUT2D eigenvalue weighted by atomic mass is 32.2. The van der Waals surface area contributed by atoms with Crippen molar-refractivity contribution in [3.05, 3.63) is 58.9 Å². The molecule has 0 spiro atoms. The summed E-state index contributed by atoms with van der Waals surface area (Å²) in [6.07, 6.45) is -2.61. The van der Waals surface area contributed by atoms with Gasteiger partial charge in [-0.1, -0.05) is 12.1 Å². The number of anilines is 2. The standard InChI is InChI=1S/C24H28F5N3O3S/c1-15(17-4-6-21(20(26)11-17)31-36(2,34)35)23(33)30-14-18-3-5-19(24(27,28)29)12-22(18)32-9-7-16(13-25)8-10-32/h3-6,11-12,15-16,31H,7-10,13-14H2,1-2H3,(H,30,33). The average Bonchev–Trinajstić information content (AvgIpc) is 2.82. The summed E-state index contributed by atoms with van der Waals surface area (Å²) in [6, 6.07) is 6.99. The van der Waals surface area contributed by atoms with Crippen molar-refractivity contribution in [2.24, 2.45) is 5.92 Å². The van der Waals surface area contributed by atoms with E-state index in [0.29, 0.717) is 42.7 Å². The number of carbonyl (C=O) groups is 1. The molecule has 0 saturated carbocycles. The number of nitrogens with zero attached hydrogens (tertiary/aromatic N) is 1. The third-order valence-electron chi connectivity index (χ3n) is 6.22. The summed E-state index contributed by atoms with van der Waals surface area (Å²) in [7, 11) is -3.68. The Morgan fingerprint density at radius 1 is 1.14 bits per heavy atom. The SMILES string of the molecule is CC(C(=O)NCc1ccc(C(F)(F)F)cc1N1CCC(CF)CC1)c1ccc(NS(C)(=O)=O)c(F)c1. The number of amides is 1. The van der Waals surface area contributed by atoms with Crippen molar-refractivity contribution in [2.75, 3.05) is 35.6 Å². The Balaban J connectivity index is 1.75. The Kier molecular flexibility index (Phi) is 8.48. The van der Waals surface area contributed by atoms with E-state index in [4.69, 9.17) is 0 Å². The molecule has 1 atom stereocenters. The van der Waals surface area contributed by atoms with Crippen LogP contribution in [-0.4, -0.2) is 40.3 Å². The fourth-order valence-corrected chi connectivity index (χ4v) is 4.65. The van der Waals surface area contributed by atoms with E-state index < -0.39 is 46.1 Å². The van der Waals surface area contributed by atoms with Crippen molar-refractivity contribution >= 4 is 27.3 Å². The molecule has 0 aromatic heterocycles. The number of benzene rings is 2. The van der Waals surface area contributed by atoms with Crippen LogP contribution in [0.5, 0.6) is 0 Å². The molecular weight excluding hydrogens is 505 g/mol. The van der Waals surface area contributed by atoms with Crippen LogP contribution in [0.15, 0.2) is 36.4 Å². The predicted octanol–water partition coefficient (Wildman–Crippen LogP) is 4.82. The first kappa shape index (κ1) is 27.7. The van der Waals surface area contributed by atoms with Crippen LogP contribution in [0.1, 0.15) is 42.4 Å². The van der Waals surface area contributed by atoms with Crippen molar-refractivity contribution in [2.45, 2.75) is 38.4 Å². The van der Waals surface area contributed by atoms with Crippen LogP contribution in [0.4, 0.5) is 33.3 Å². The first-order chi connectivity index (χ1) is 16.8. The summed E-state index contributed by atoms with van der Waals surface area (Å²) in [6.45, 7) is 1.81. The van der Waals surface area contributed by atoms with Gasteiger partial charge in [-0.15, -0.1) is 0 Å². The van der Waals surface area contributed by atoms with Crippen LogP contribution in [0.25, 0.3) is 0 Å². The van der Waals surface area contributed by atoms with Gasteiger partial charge in [0.25, 0.3) is 0 Å². The largest absolute Gasteiger partial charge is 0.416 e. The maximum Gasteiger partial charge on any atom is 0.416 e. The lowest BCUT2D eigenvalue weighted by Gasteiger charge is -2.34. The van der Waals surface area contributed by atoms with Crippen LogP contribution < -0.4 is 14.9 Å². The Morgan fingerprint density at radius 2 is 1.81 bits per heavy atom. The highest BCUT2D eigenvalue weighted by Crippen LogP contribution is 2.35. The predicted molar refractivity (Wildman–Crippen MR) is 127 cm³/mol. The number of carbonyl (C=O) groups excluding carboxylic acids is 1. The number of hydrogen-bond acceptors (Lipinski definition) is 4. The van der Waals surface area contributed by atoms with E-state index in [1.807, 2.05) is 4.72 Å². The number of hydrogen-bond donors (Lipinski definition) is 2. The number of alkyl halides is 4. The molecule has 0 aliphatic carbocycles. The molecule has 2 N–H and O–H groups in total. The van der Waals surface area contributed by atoms with Gasteiger partial charge in [0.05, 0.1) is 30.1 Å². The van der Waals surface area contributed by atoms with E-state index in [2.05, 4.69) is 5.32 Å². The summed E-state index contributed by atoms with van der Waals surface area (Å²) in [4.78, 5) is 14.5. The molecule has 1 saturated heterocycles. The lowest BCUT2D eigenvalue weighted by molar-refractivity contribution is -0.137. The number of sulfonamides is 1. The van der Waals surface area contributed by atoms with Crippen LogP contribution in [0, 0.1) is 11.7 Å². The monoisotopic (exact) mass is 533 g/mol. The molecule has 3 rings (SSSR count).